The first-order valence-electron chi connectivity index (χ1n) is 8.95. The van der Waals surface area contributed by atoms with Gasteiger partial charge >= 0.3 is 5.97 Å². The summed E-state index contributed by atoms with van der Waals surface area (Å²) in [6.45, 7) is 0.949. The Hall–Kier alpha value is -3.48. The second-order valence-corrected chi connectivity index (χ2v) is 6.34. The van der Waals surface area contributed by atoms with Crippen molar-refractivity contribution in [3.63, 3.8) is 0 Å². The normalized spacial score (nSPS) is 13.1. The molecule has 0 aliphatic carbocycles. The number of rotatable bonds is 6. The first-order valence-corrected chi connectivity index (χ1v) is 8.95. The van der Waals surface area contributed by atoms with Gasteiger partial charge in [0.25, 0.3) is 11.8 Å². The minimum Gasteiger partial charge on any atom is -0.454 e. The molecular weight excluding hydrogens is 360 g/mol. The van der Waals surface area contributed by atoms with Crippen molar-refractivity contribution in [2.75, 3.05) is 18.5 Å². The molecule has 3 amide bonds. The highest BCUT2D eigenvalue weighted by atomic mass is 16.5. The molecule has 3 rings (SSSR count). The van der Waals surface area contributed by atoms with E-state index in [0.29, 0.717) is 16.8 Å². The number of para-hydroxylation sites is 1. The van der Waals surface area contributed by atoms with E-state index in [4.69, 9.17) is 4.74 Å². The van der Waals surface area contributed by atoms with Crippen LogP contribution in [0.2, 0.25) is 0 Å². The quantitative estimate of drug-likeness (QED) is 0.611. The lowest BCUT2D eigenvalue weighted by Gasteiger charge is -2.25. The molecule has 0 unspecified atom stereocenters. The van der Waals surface area contributed by atoms with E-state index in [1.54, 1.807) is 36.4 Å². The second-order valence-electron chi connectivity index (χ2n) is 6.34. The second kappa shape index (κ2) is 8.47. The zero-order chi connectivity index (χ0) is 20.1. The first kappa shape index (κ1) is 19.3. The Kier molecular flexibility index (Phi) is 5.84. The lowest BCUT2D eigenvalue weighted by Crippen LogP contribution is -2.45. The summed E-state index contributed by atoms with van der Waals surface area (Å²) >= 11 is 0. The number of hydrogen-bond acceptors (Lipinski definition) is 5. The number of benzene rings is 2. The molecule has 1 aliphatic rings. The highest BCUT2D eigenvalue weighted by Crippen LogP contribution is 2.19. The summed E-state index contributed by atoms with van der Waals surface area (Å²) in [6.07, 6.45) is 0.792. The summed E-state index contributed by atoms with van der Waals surface area (Å²) in [5, 5.41) is 2.69. The topological polar surface area (TPSA) is 92.8 Å². The minimum absolute atomic E-state index is 0.0451. The maximum Gasteiger partial charge on any atom is 0.326 e. The molecule has 0 bridgehead atoms. The lowest BCUT2D eigenvalue weighted by atomic mass is 9.98. The van der Waals surface area contributed by atoms with Crippen LogP contribution in [-0.4, -0.2) is 41.7 Å². The van der Waals surface area contributed by atoms with Crippen molar-refractivity contribution in [1.29, 1.82) is 0 Å². The molecule has 2 aromatic carbocycles. The number of nitrogens with zero attached hydrogens (tertiary/aromatic N) is 1. The summed E-state index contributed by atoms with van der Waals surface area (Å²) in [5.41, 5.74) is 2.65. The monoisotopic (exact) mass is 380 g/mol. The van der Waals surface area contributed by atoms with Crippen molar-refractivity contribution >= 4 is 29.4 Å². The van der Waals surface area contributed by atoms with Crippen LogP contribution in [-0.2, 0) is 32.0 Å². The highest BCUT2D eigenvalue weighted by Gasteiger charge is 2.32. The van der Waals surface area contributed by atoms with Crippen LogP contribution in [0.4, 0.5) is 5.69 Å². The molecule has 0 saturated carbocycles. The maximum atomic E-state index is 12.4. The van der Waals surface area contributed by atoms with Gasteiger partial charge in [-0.05, 0) is 29.7 Å². The van der Waals surface area contributed by atoms with Crippen LogP contribution in [0.1, 0.15) is 28.4 Å². The lowest BCUT2D eigenvalue weighted by molar-refractivity contribution is -0.150. The Morgan fingerprint density at radius 3 is 2.57 bits per heavy atom. The molecule has 0 saturated heterocycles. The van der Waals surface area contributed by atoms with Gasteiger partial charge in [0, 0.05) is 11.3 Å². The number of aryl methyl sites for hydroxylation is 1. The number of ether oxygens (including phenoxy) is 1. The number of fused-ring (bicyclic) bond motifs is 1. The van der Waals surface area contributed by atoms with Crippen LogP contribution in [0.5, 0.6) is 0 Å². The summed E-state index contributed by atoms with van der Waals surface area (Å²) in [5.74, 6) is -2.32. The Morgan fingerprint density at radius 2 is 1.79 bits per heavy atom. The number of carbonyl (C=O) groups excluding carboxylic acids is 4. The van der Waals surface area contributed by atoms with Gasteiger partial charge in [-0.3, -0.25) is 24.1 Å². The van der Waals surface area contributed by atoms with Crippen molar-refractivity contribution in [3.05, 3.63) is 65.2 Å². The molecular formula is C21H20N2O5. The van der Waals surface area contributed by atoms with Crippen LogP contribution >= 0.6 is 0 Å². The van der Waals surface area contributed by atoms with Gasteiger partial charge in [-0.15, -0.1) is 0 Å². The SMILES string of the molecule is CCc1ccccc1NC(=O)COC(=O)CN1C(=O)Cc2ccccc2C1=O. The molecule has 7 nitrogen and oxygen atoms in total. The minimum atomic E-state index is -0.819. The van der Waals surface area contributed by atoms with Crippen LogP contribution in [0.25, 0.3) is 0 Å². The van der Waals surface area contributed by atoms with Gasteiger partial charge in [-0.1, -0.05) is 43.3 Å². The van der Waals surface area contributed by atoms with E-state index in [0.717, 1.165) is 16.9 Å². The molecule has 0 atom stereocenters. The molecule has 0 aromatic heterocycles. The Labute approximate surface area is 162 Å². The van der Waals surface area contributed by atoms with Gasteiger partial charge in [0.05, 0.1) is 6.42 Å². The van der Waals surface area contributed by atoms with Crippen LogP contribution in [0.3, 0.4) is 0 Å². The Balaban J connectivity index is 1.55. The van der Waals surface area contributed by atoms with E-state index in [9.17, 15) is 19.2 Å². The zero-order valence-corrected chi connectivity index (χ0v) is 15.4. The average molecular weight is 380 g/mol. The summed E-state index contributed by atoms with van der Waals surface area (Å²) < 4.78 is 4.94. The summed E-state index contributed by atoms with van der Waals surface area (Å²) in [6, 6.07) is 14.1. The molecule has 1 heterocycles. The smallest absolute Gasteiger partial charge is 0.326 e. The number of carbonyl (C=O) groups is 4. The van der Waals surface area contributed by atoms with Crippen molar-refractivity contribution in [3.8, 4) is 0 Å². The molecule has 28 heavy (non-hydrogen) atoms. The first-order chi connectivity index (χ1) is 13.5. The third-order valence-electron chi connectivity index (χ3n) is 4.46. The molecule has 1 N–H and O–H groups in total. The number of esters is 1. The third kappa shape index (κ3) is 4.25. The molecule has 0 fully saturated rings. The Bertz CT molecular complexity index is 938. The Morgan fingerprint density at radius 1 is 1.07 bits per heavy atom. The highest BCUT2D eigenvalue weighted by molar-refractivity contribution is 6.11. The fourth-order valence-corrected chi connectivity index (χ4v) is 3.02. The van der Waals surface area contributed by atoms with E-state index in [-0.39, 0.29) is 6.42 Å². The van der Waals surface area contributed by atoms with Crippen molar-refractivity contribution in [2.24, 2.45) is 0 Å². The molecule has 0 spiro atoms. The molecule has 144 valence electrons. The van der Waals surface area contributed by atoms with Crippen molar-refractivity contribution < 1.29 is 23.9 Å². The van der Waals surface area contributed by atoms with Gasteiger partial charge in [0.2, 0.25) is 5.91 Å². The molecule has 7 heteroatoms. The fraction of sp³-hybridized carbons (Fsp3) is 0.238. The number of hydrogen-bond donors (Lipinski definition) is 1. The summed E-state index contributed by atoms with van der Waals surface area (Å²) in [7, 11) is 0. The van der Waals surface area contributed by atoms with Gasteiger partial charge in [0.15, 0.2) is 6.61 Å². The summed E-state index contributed by atoms with van der Waals surface area (Å²) in [4.78, 5) is 49.5. The van der Waals surface area contributed by atoms with E-state index in [1.165, 1.54) is 0 Å². The maximum absolute atomic E-state index is 12.4. The molecule has 2 aromatic rings. The van der Waals surface area contributed by atoms with Crippen LogP contribution in [0, 0.1) is 0 Å². The zero-order valence-electron chi connectivity index (χ0n) is 15.4. The van der Waals surface area contributed by atoms with Gasteiger partial charge in [-0.25, -0.2) is 0 Å². The number of nitrogens with one attached hydrogen (secondary N) is 1. The van der Waals surface area contributed by atoms with Crippen LogP contribution < -0.4 is 5.32 Å². The largest absolute Gasteiger partial charge is 0.454 e. The van der Waals surface area contributed by atoms with Gasteiger partial charge < -0.3 is 10.1 Å². The predicted molar refractivity (Wildman–Crippen MR) is 102 cm³/mol. The standard InChI is InChI=1S/C21H20N2O5/c1-2-14-7-4-6-10-17(14)22-18(24)13-28-20(26)12-23-19(25)11-15-8-3-5-9-16(15)21(23)27/h3-10H,2,11-13H2,1H3,(H,22,24). The van der Waals surface area contributed by atoms with E-state index in [1.807, 2.05) is 19.1 Å². The number of imide groups is 1. The molecule has 0 radical (unpaired) electrons. The van der Waals surface area contributed by atoms with Gasteiger partial charge in [-0.2, -0.15) is 0 Å². The van der Waals surface area contributed by atoms with Crippen molar-refractivity contribution in [2.45, 2.75) is 19.8 Å². The van der Waals surface area contributed by atoms with Crippen molar-refractivity contribution in [1.82, 2.24) is 4.90 Å². The average Bonchev–Trinajstić information content (AvgIpc) is 2.70. The van der Waals surface area contributed by atoms with Gasteiger partial charge in [0.1, 0.15) is 6.54 Å². The van der Waals surface area contributed by atoms with E-state index in [2.05, 4.69) is 5.32 Å². The third-order valence-corrected chi connectivity index (χ3v) is 4.46. The number of amides is 3. The predicted octanol–water partition coefficient (Wildman–Crippen LogP) is 1.96. The molecule has 1 aliphatic heterocycles. The fourth-order valence-electron chi connectivity index (χ4n) is 3.02. The van der Waals surface area contributed by atoms with E-state index >= 15 is 0 Å². The van der Waals surface area contributed by atoms with Crippen LogP contribution in [0.15, 0.2) is 48.5 Å². The number of anilines is 1. The van der Waals surface area contributed by atoms with E-state index < -0.39 is 36.8 Å².